The Morgan fingerprint density at radius 1 is 0.455 bits per heavy atom. The Balaban J connectivity index is 1.35. The van der Waals surface area contributed by atoms with Crippen LogP contribution in [0.15, 0.2) is 140 Å². The third-order valence-electron chi connectivity index (χ3n) is 8.98. The van der Waals surface area contributed by atoms with Gasteiger partial charge in [0.15, 0.2) is 0 Å². The van der Waals surface area contributed by atoms with E-state index in [1.807, 2.05) is 17.4 Å². The third-order valence-corrected chi connectivity index (χ3v) is 10.1. The second-order valence-electron chi connectivity index (χ2n) is 11.4. The molecule has 0 aliphatic heterocycles. The molecule has 0 saturated heterocycles. The minimum absolute atomic E-state index is 0.681. The first kappa shape index (κ1) is 23.9. The molecule has 0 aliphatic carbocycles. The Labute approximate surface area is 256 Å². The zero-order valence-corrected chi connectivity index (χ0v) is 24.3. The monoisotopic (exact) mass is 577 g/mol. The van der Waals surface area contributed by atoms with Gasteiger partial charge in [0, 0.05) is 47.3 Å². The molecule has 4 heteroatoms. The van der Waals surface area contributed by atoms with Crippen molar-refractivity contribution >= 4 is 85.8 Å². The van der Waals surface area contributed by atoms with E-state index in [0.717, 1.165) is 33.2 Å². The molecular weight excluding hydrogens is 555 g/mol. The van der Waals surface area contributed by atoms with Crippen molar-refractivity contribution in [3.8, 4) is 17.2 Å². The van der Waals surface area contributed by atoms with Gasteiger partial charge in [0.25, 0.3) is 0 Å². The van der Waals surface area contributed by atoms with Gasteiger partial charge in [-0.25, -0.2) is 9.97 Å². The van der Waals surface area contributed by atoms with Crippen LogP contribution in [-0.2, 0) is 0 Å². The molecule has 0 amide bonds. The van der Waals surface area contributed by atoms with E-state index >= 15 is 0 Å². The number of benzene rings is 7. The lowest BCUT2D eigenvalue weighted by Gasteiger charge is -2.13. The van der Waals surface area contributed by atoms with Gasteiger partial charge in [-0.05, 0) is 46.5 Å². The number of fused-ring (bicyclic) bond motifs is 11. The number of nitrogens with zero attached hydrogens (tertiary/aromatic N) is 3. The molecule has 10 aromatic rings. The van der Waals surface area contributed by atoms with E-state index < -0.39 is 0 Å². The lowest BCUT2D eigenvalue weighted by atomic mass is 9.98. The fourth-order valence-corrected chi connectivity index (χ4v) is 8.14. The molecule has 7 aromatic carbocycles. The fraction of sp³-hybridized carbons (Fsp3) is 0. The quantitative estimate of drug-likeness (QED) is 0.191. The van der Waals surface area contributed by atoms with Crippen molar-refractivity contribution in [3.05, 3.63) is 140 Å². The van der Waals surface area contributed by atoms with E-state index in [1.54, 1.807) is 0 Å². The van der Waals surface area contributed by atoms with Crippen LogP contribution in [0, 0.1) is 0 Å². The molecule has 3 heterocycles. The Hall–Kier alpha value is -5.58. The second kappa shape index (κ2) is 8.96. The van der Waals surface area contributed by atoms with Gasteiger partial charge < -0.3 is 0 Å². The summed E-state index contributed by atoms with van der Waals surface area (Å²) in [6.07, 6.45) is 0. The van der Waals surface area contributed by atoms with Gasteiger partial charge in [-0.1, -0.05) is 109 Å². The van der Waals surface area contributed by atoms with Gasteiger partial charge >= 0.3 is 0 Å². The van der Waals surface area contributed by atoms with Crippen molar-refractivity contribution in [2.45, 2.75) is 0 Å². The van der Waals surface area contributed by atoms with E-state index in [9.17, 15) is 0 Å². The maximum atomic E-state index is 5.30. The molecule has 0 atom stereocenters. The zero-order chi connectivity index (χ0) is 28.8. The zero-order valence-electron chi connectivity index (χ0n) is 23.5. The highest BCUT2D eigenvalue weighted by Gasteiger charge is 2.20. The molecular formula is C40H23N3S. The maximum Gasteiger partial charge on any atom is 0.235 e. The maximum absolute atomic E-state index is 5.30. The van der Waals surface area contributed by atoms with Crippen LogP contribution >= 0.6 is 11.3 Å². The van der Waals surface area contributed by atoms with Crippen LogP contribution in [-0.4, -0.2) is 14.5 Å². The Morgan fingerprint density at radius 2 is 1.16 bits per heavy atom. The van der Waals surface area contributed by atoms with E-state index in [4.69, 9.17) is 9.97 Å². The molecule has 0 bridgehead atoms. The summed E-state index contributed by atoms with van der Waals surface area (Å²) in [5.74, 6) is 0.681. The average molecular weight is 578 g/mol. The molecule has 10 rings (SSSR count). The van der Waals surface area contributed by atoms with E-state index in [-0.39, 0.29) is 0 Å². The summed E-state index contributed by atoms with van der Waals surface area (Å²) in [5.41, 5.74) is 5.18. The van der Waals surface area contributed by atoms with Crippen molar-refractivity contribution in [3.63, 3.8) is 0 Å². The molecule has 0 N–H and O–H groups in total. The van der Waals surface area contributed by atoms with Gasteiger partial charge in [0.2, 0.25) is 5.95 Å². The Bertz CT molecular complexity index is 2770. The molecule has 0 unspecified atom stereocenters. The molecule has 44 heavy (non-hydrogen) atoms. The summed E-state index contributed by atoms with van der Waals surface area (Å²) in [5, 5.41) is 11.0. The largest absolute Gasteiger partial charge is 0.277 e. The van der Waals surface area contributed by atoms with Crippen molar-refractivity contribution in [2.24, 2.45) is 0 Å². The third kappa shape index (κ3) is 3.31. The average Bonchev–Trinajstić information content (AvgIpc) is 3.62. The topological polar surface area (TPSA) is 30.7 Å². The number of rotatable bonds is 2. The number of aromatic nitrogens is 3. The van der Waals surface area contributed by atoms with Crippen LogP contribution in [0.25, 0.3) is 91.6 Å². The second-order valence-corrected chi connectivity index (χ2v) is 12.5. The summed E-state index contributed by atoms with van der Waals surface area (Å²) in [7, 11) is 0. The highest BCUT2D eigenvalue weighted by Crippen LogP contribution is 2.42. The number of para-hydroxylation sites is 2. The van der Waals surface area contributed by atoms with Crippen LogP contribution in [0.4, 0.5) is 0 Å². The lowest BCUT2D eigenvalue weighted by molar-refractivity contribution is 1.02. The van der Waals surface area contributed by atoms with Gasteiger partial charge in [-0.2, -0.15) is 0 Å². The van der Waals surface area contributed by atoms with Crippen molar-refractivity contribution in [1.82, 2.24) is 14.5 Å². The molecule has 0 saturated carbocycles. The highest BCUT2D eigenvalue weighted by atomic mass is 32.1. The van der Waals surface area contributed by atoms with E-state index in [0.29, 0.717) is 5.95 Å². The molecule has 0 radical (unpaired) electrons. The SMILES string of the molecule is c1ccc(-c2nc(-n3c4ccccc4c4ccc5c6cc7c(cc6ccc5c43)sc3ccccc37)nc3ccccc23)cc1. The first-order valence-electron chi connectivity index (χ1n) is 14.8. The predicted molar refractivity (Wildman–Crippen MR) is 187 cm³/mol. The van der Waals surface area contributed by atoms with Gasteiger partial charge in [0.05, 0.1) is 22.2 Å². The molecule has 3 aromatic heterocycles. The van der Waals surface area contributed by atoms with Crippen LogP contribution in [0.5, 0.6) is 0 Å². The Kier molecular flexibility index (Phi) is 4.87. The first-order valence-corrected chi connectivity index (χ1v) is 15.7. The molecule has 3 nitrogen and oxygen atoms in total. The molecule has 0 aliphatic rings. The van der Waals surface area contributed by atoms with Crippen molar-refractivity contribution in [2.75, 3.05) is 0 Å². The molecule has 0 spiro atoms. The van der Waals surface area contributed by atoms with E-state index in [2.05, 4.69) is 138 Å². The highest BCUT2D eigenvalue weighted by molar-refractivity contribution is 7.25. The molecule has 204 valence electrons. The normalized spacial score (nSPS) is 12.1. The summed E-state index contributed by atoms with van der Waals surface area (Å²) in [4.78, 5) is 10.5. The van der Waals surface area contributed by atoms with E-state index in [1.165, 1.54) is 52.5 Å². The molecule has 0 fully saturated rings. The minimum atomic E-state index is 0.681. The summed E-state index contributed by atoms with van der Waals surface area (Å²) < 4.78 is 4.93. The van der Waals surface area contributed by atoms with Gasteiger partial charge in [-0.15, -0.1) is 11.3 Å². The number of thiophene rings is 1. The standard InChI is InChI=1S/C40H23N3S/c1-2-10-24(11-3-1)38-31-14-4-7-15-34(31)41-40(42-38)43-35-16-8-5-12-27(35)30-21-20-26-29(39(30)43)19-18-25-22-37-33(23-32(25)26)28-13-6-9-17-36(28)44-37/h1-23H. The van der Waals surface area contributed by atoms with Crippen LogP contribution < -0.4 is 0 Å². The predicted octanol–water partition coefficient (Wildman–Crippen LogP) is 11.1. The van der Waals surface area contributed by atoms with Crippen LogP contribution in [0.3, 0.4) is 0 Å². The summed E-state index contributed by atoms with van der Waals surface area (Å²) in [6.45, 7) is 0. The van der Waals surface area contributed by atoms with Crippen LogP contribution in [0.1, 0.15) is 0 Å². The minimum Gasteiger partial charge on any atom is -0.277 e. The van der Waals surface area contributed by atoms with Gasteiger partial charge in [-0.3, -0.25) is 4.57 Å². The van der Waals surface area contributed by atoms with Gasteiger partial charge in [0.1, 0.15) is 0 Å². The number of hydrogen-bond acceptors (Lipinski definition) is 3. The summed E-state index contributed by atoms with van der Waals surface area (Å²) in [6, 6.07) is 50.0. The van der Waals surface area contributed by atoms with Crippen molar-refractivity contribution in [1.29, 1.82) is 0 Å². The lowest BCUT2D eigenvalue weighted by Crippen LogP contribution is -2.03. The Morgan fingerprint density at radius 3 is 2.07 bits per heavy atom. The fourth-order valence-electron chi connectivity index (χ4n) is 7.01. The van der Waals surface area contributed by atoms with Crippen molar-refractivity contribution < 1.29 is 0 Å². The van der Waals surface area contributed by atoms with Crippen LogP contribution in [0.2, 0.25) is 0 Å². The number of hydrogen-bond donors (Lipinski definition) is 0. The summed E-state index contributed by atoms with van der Waals surface area (Å²) >= 11 is 1.87. The first-order chi connectivity index (χ1) is 21.8. The smallest absolute Gasteiger partial charge is 0.235 e.